The molecule has 5 nitrogen and oxygen atoms in total. The van der Waals surface area contributed by atoms with Gasteiger partial charge in [0, 0.05) is 5.02 Å². The summed E-state index contributed by atoms with van der Waals surface area (Å²) in [6, 6.07) is 20.8. The first-order chi connectivity index (χ1) is 16.0. The second-order valence-electron chi connectivity index (χ2n) is 6.89. The van der Waals surface area contributed by atoms with E-state index in [-0.39, 0.29) is 5.91 Å². The number of thiocarbonyl (C=S) groups is 1. The van der Waals surface area contributed by atoms with Gasteiger partial charge in [-0.15, -0.1) is 0 Å². The van der Waals surface area contributed by atoms with E-state index in [1.807, 2.05) is 13.0 Å². The quantitative estimate of drug-likeness (QED) is 0.171. The summed E-state index contributed by atoms with van der Waals surface area (Å²) in [5.74, 6) is -0.00770. The number of esters is 1. The number of ether oxygens (including phenoxy) is 2. The molecular weight excluding hydrogens is 478 g/mol. The third-order valence-corrected chi connectivity index (χ3v) is 6.17. The van der Waals surface area contributed by atoms with E-state index in [0.717, 1.165) is 0 Å². The number of nitrogens with zero attached hydrogens (tertiary/aromatic N) is 1. The molecule has 166 valence electrons. The average Bonchev–Trinajstić information content (AvgIpc) is 3.08. The van der Waals surface area contributed by atoms with Crippen molar-refractivity contribution in [3.8, 4) is 11.5 Å². The molecule has 33 heavy (non-hydrogen) atoms. The summed E-state index contributed by atoms with van der Waals surface area (Å²) in [5, 5.41) is 0.521. The second-order valence-corrected chi connectivity index (χ2v) is 9.00. The normalized spacial score (nSPS) is 14.6. The predicted octanol–water partition coefficient (Wildman–Crippen LogP) is 6.36. The van der Waals surface area contributed by atoms with Gasteiger partial charge in [-0.1, -0.05) is 65.9 Å². The van der Waals surface area contributed by atoms with E-state index in [0.29, 0.717) is 49.2 Å². The van der Waals surface area contributed by atoms with Crippen molar-refractivity contribution in [3.05, 3.63) is 93.9 Å². The molecule has 0 saturated carbocycles. The number of carbonyl (C=O) groups excluding carboxylic acids is 2. The Kier molecular flexibility index (Phi) is 7.13. The van der Waals surface area contributed by atoms with Crippen molar-refractivity contribution in [3.63, 3.8) is 0 Å². The molecule has 1 aliphatic heterocycles. The molecule has 1 saturated heterocycles. The van der Waals surface area contributed by atoms with E-state index in [9.17, 15) is 9.59 Å². The Morgan fingerprint density at radius 3 is 2.58 bits per heavy atom. The second kappa shape index (κ2) is 10.2. The van der Waals surface area contributed by atoms with Crippen LogP contribution in [-0.2, 0) is 4.79 Å². The van der Waals surface area contributed by atoms with Gasteiger partial charge in [0.25, 0.3) is 5.91 Å². The Hall–Kier alpha value is -3.13. The fourth-order valence-electron chi connectivity index (χ4n) is 3.16. The maximum Gasteiger partial charge on any atom is 0.343 e. The monoisotopic (exact) mass is 495 g/mol. The first-order valence-electron chi connectivity index (χ1n) is 10.0. The van der Waals surface area contributed by atoms with Gasteiger partial charge >= 0.3 is 5.97 Å². The lowest BCUT2D eigenvalue weighted by Gasteiger charge is -2.14. The van der Waals surface area contributed by atoms with Crippen molar-refractivity contribution in [1.29, 1.82) is 0 Å². The molecule has 0 bridgehead atoms. The van der Waals surface area contributed by atoms with E-state index in [1.165, 1.54) is 16.7 Å². The van der Waals surface area contributed by atoms with Crippen LogP contribution in [0.25, 0.3) is 6.08 Å². The fraction of sp³-hybridized carbons (Fsp3) is 0.0800. The van der Waals surface area contributed by atoms with Crippen molar-refractivity contribution in [1.82, 2.24) is 0 Å². The highest BCUT2D eigenvalue weighted by atomic mass is 35.5. The van der Waals surface area contributed by atoms with Crippen molar-refractivity contribution in [2.24, 2.45) is 0 Å². The van der Waals surface area contributed by atoms with Crippen LogP contribution in [0.1, 0.15) is 22.8 Å². The zero-order valence-corrected chi connectivity index (χ0v) is 19.9. The first kappa shape index (κ1) is 23.0. The molecule has 3 aromatic carbocycles. The van der Waals surface area contributed by atoms with Crippen LogP contribution in [0.3, 0.4) is 0 Å². The van der Waals surface area contributed by atoms with Crippen molar-refractivity contribution in [2.75, 3.05) is 11.5 Å². The number of carbonyl (C=O) groups is 2. The zero-order valence-electron chi connectivity index (χ0n) is 17.5. The van der Waals surface area contributed by atoms with Gasteiger partial charge in [0.15, 0.2) is 15.8 Å². The molecule has 8 heteroatoms. The molecule has 0 aromatic heterocycles. The van der Waals surface area contributed by atoms with Crippen LogP contribution < -0.4 is 14.4 Å². The summed E-state index contributed by atoms with van der Waals surface area (Å²) in [7, 11) is 0. The largest absolute Gasteiger partial charge is 0.490 e. The number of hydrogen-bond donors (Lipinski definition) is 0. The maximum atomic E-state index is 13.0. The lowest BCUT2D eigenvalue weighted by atomic mass is 10.1. The molecule has 0 unspecified atom stereocenters. The molecular formula is C25H18ClNO4S2. The summed E-state index contributed by atoms with van der Waals surface area (Å²) in [5.41, 5.74) is 1.77. The summed E-state index contributed by atoms with van der Waals surface area (Å²) in [6.45, 7) is 2.22. The molecule has 0 radical (unpaired) electrons. The fourth-order valence-corrected chi connectivity index (χ4v) is 4.64. The van der Waals surface area contributed by atoms with Crippen molar-refractivity contribution < 1.29 is 19.1 Å². The van der Waals surface area contributed by atoms with E-state index >= 15 is 0 Å². The summed E-state index contributed by atoms with van der Waals surface area (Å²) < 4.78 is 11.6. The summed E-state index contributed by atoms with van der Waals surface area (Å²) in [4.78, 5) is 27.4. The number of benzene rings is 3. The third kappa shape index (κ3) is 5.27. The van der Waals surface area contributed by atoms with Gasteiger partial charge < -0.3 is 9.47 Å². The van der Waals surface area contributed by atoms with E-state index in [2.05, 4.69) is 0 Å². The minimum Gasteiger partial charge on any atom is -0.490 e. The molecule has 0 N–H and O–H groups in total. The van der Waals surface area contributed by atoms with Gasteiger partial charge in [0.2, 0.25) is 0 Å². The highest BCUT2D eigenvalue weighted by molar-refractivity contribution is 8.27. The van der Waals surface area contributed by atoms with Crippen LogP contribution in [0.2, 0.25) is 5.02 Å². The van der Waals surface area contributed by atoms with Gasteiger partial charge in [-0.05, 0) is 61.0 Å². The molecule has 1 fully saturated rings. The lowest BCUT2D eigenvalue weighted by Crippen LogP contribution is -2.27. The van der Waals surface area contributed by atoms with E-state index in [1.54, 1.807) is 72.8 Å². The average molecular weight is 496 g/mol. The third-order valence-electron chi connectivity index (χ3n) is 4.64. The number of amides is 1. The molecule has 1 heterocycles. The molecule has 1 aliphatic rings. The Bertz CT molecular complexity index is 1260. The van der Waals surface area contributed by atoms with Crippen LogP contribution in [0.15, 0.2) is 77.7 Å². The standard InChI is InChI=1S/C25H18ClNO4S2/c1-2-30-21-13-16(11-12-20(21)31-24(29)17-7-4-3-5-8-17)14-22-23(28)27(25(32)33-22)19-10-6-9-18(26)15-19/h3-15H,2H2,1H3/b22-14+. The Morgan fingerprint density at radius 1 is 1.06 bits per heavy atom. The SMILES string of the molecule is CCOc1cc(/C=C2/SC(=S)N(c3cccc(Cl)c3)C2=O)ccc1OC(=O)c1ccccc1. The Balaban J connectivity index is 1.59. The zero-order chi connectivity index (χ0) is 23.4. The van der Waals surface area contributed by atoms with Gasteiger partial charge in [0.1, 0.15) is 0 Å². The van der Waals surface area contributed by atoms with Crippen molar-refractivity contribution in [2.45, 2.75) is 6.92 Å². The molecule has 3 aromatic rings. The van der Waals surface area contributed by atoms with Crippen LogP contribution in [0, 0.1) is 0 Å². The predicted molar refractivity (Wildman–Crippen MR) is 136 cm³/mol. The van der Waals surface area contributed by atoms with Crippen molar-refractivity contribution >= 4 is 63.5 Å². The van der Waals surface area contributed by atoms with Gasteiger partial charge in [0.05, 0.1) is 22.8 Å². The minimum absolute atomic E-state index is 0.232. The van der Waals surface area contributed by atoms with Crippen LogP contribution >= 0.6 is 35.6 Å². The Labute approximate surface area is 205 Å². The summed E-state index contributed by atoms with van der Waals surface area (Å²) >= 11 is 12.7. The molecule has 0 spiro atoms. The van der Waals surface area contributed by atoms with E-state index in [4.69, 9.17) is 33.3 Å². The molecule has 0 atom stereocenters. The number of rotatable bonds is 6. The highest BCUT2D eigenvalue weighted by Gasteiger charge is 2.33. The first-order valence-corrected chi connectivity index (χ1v) is 11.6. The lowest BCUT2D eigenvalue weighted by molar-refractivity contribution is -0.113. The minimum atomic E-state index is -0.480. The van der Waals surface area contributed by atoms with Crippen LogP contribution in [0.5, 0.6) is 11.5 Å². The number of halogens is 1. The Morgan fingerprint density at radius 2 is 1.85 bits per heavy atom. The number of hydrogen-bond acceptors (Lipinski definition) is 6. The van der Waals surface area contributed by atoms with Crippen LogP contribution in [0.4, 0.5) is 5.69 Å². The molecule has 1 amide bonds. The maximum absolute atomic E-state index is 13.0. The van der Waals surface area contributed by atoms with Gasteiger partial charge in [-0.2, -0.15) is 0 Å². The van der Waals surface area contributed by atoms with E-state index < -0.39 is 5.97 Å². The topological polar surface area (TPSA) is 55.8 Å². The van der Waals surface area contributed by atoms with Gasteiger partial charge in [-0.25, -0.2) is 4.79 Å². The molecule has 0 aliphatic carbocycles. The van der Waals surface area contributed by atoms with Gasteiger partial charge in [-0.3, -0.25) is 9.69 Å². The number of thioether (sulfide) groups is 1. The molecule has 4 rings (SSSR count). The smallest absolute Gasteiger partial charge is 0.343 e. The number of anilines is 1. The highest BCUT2D eigenvalue weighted by Crippen LogP contribution is 2.38. The summed E-state index contributed by atoms with van der Waals surface area (Å²) in [6.07, 6.45) is 1.73. The van der Waals surface area contributed by atoms with Crippen LogP contribution in [-0.4, -0.2) is 22.8 Å².